The van der Waals surface area contributed by atoms with Gasteiger partial charge in [0.25, 0.3) is 0 Å². The topological polar surface area (TPSA) is 98.6 Å². The third-order valence-corrected chi connectivity index (χ3v) is 8.74. The lowest BCUT2D eigenvalue weighted by Gasteiger charge is -2.18. The van der Waals surface area contributed by atoms with E-state index in [-0.39, 0.29) is 29.0 Å². The highest BCUT2D eigenvalue weighted by Gasteiger charge is 2.33. The van der Waals surface area contributed by atoms with Crippen molar-refractivity contribution >= 4 is 19.9 Å². The molecule has 1 aromatic carbocycles. The van der Waals surface area contributed by atoms with Crippen molar-refractivity contribution in [3.05, 3.63) is 41.2 Å². The number of nitrogens with zero attached hydrogens (tertiary/aromatic N) is 3. The van der Waals surface area contributed by atoms with Crippen molar-refractivity contribution in [2.45, 2.75) is 44.1 Å². The molecule has 172 valence electrons. The minimum atomic E-state index is -4.87. The van der Waals surface area contributed by atoms with Crippen molar-refractivity contribution in [1.29, 1.82) is 0 Å². The molecule has 13 heteroatoms. The Bertz CT molecular complexity index is 1170. The van der Waals surface area contributed by atoms with E-state index >= 15 is 0 Å². The lowest BCUT2D eigenvalue weighted by atomic mass is 10.2. The van der Waals surface area contributed by atoms with Gasteiger partial charge in [-0.2, -0.15) is 9.40 Å². The molecule has 0 bridgehead atoms. The van der Waals surface area contributed by atoms with Crippen LogP contribution in [0.15, 0.2) is 29.2 Å². The third kappa shape index (κ3) is 5.21. The van der Waals surface area contributed by atoms with Crippen molar-refractivity contribution in [3.8, 4) is 5.75 Å². The molecule has 1 saturated heterocycles. The van der Waals surface area contributed by atoms with E-state index in [1.54, 1.807) is 18.5 Å². The molecule has 0 spiro atoms. The Kier molecular flexibility index (Phi) is 6.15. The van der Waals surface area contributed by atoms with Crippen LogP contribution in [-0.2, 0) is 26.4 Å². The molecular weight excluding hydrogens is 459 g/mol. The Morgan fingerprint density at radius 1 is 1.23 bits per heavy atom. The molecule has 0 radical (unpaired) electrons. The zero-order valence-electron chi connectivity index (χ0n) is 17.0. The van der Waals surface area contributed by atoms with Crippen molar-refractivity contribution < 1.29 is 34.7 Å². The smallest absolute Gasteiger partial charge is 0.406 e. The number of benzene rings is 1. The highest BCUT2D eigenvalue weighted by Crippen LogP contribution is 2.29. The highest BCUT2D eigenvalue weighted by atomic mass is 32.2. The molecule has 2 aromatic rings. The molecule has 8 nitrogen and oxygen atoms in total. The van der Waals surface area contributed by atoms with Crippen molar-refractivity contribution in [2.24, 2.45) is 0 Å². The second kappa shape index (κ2) is 8.10. The standard InChI is InChI=1S/C18H22F3N3O5S2/c1-12-17(13(2)24(22-12)14-8-9-30(25,26)11-14)10-23(3)31(27,28)16-6-4-15(5-7-16)29-18(19,20)21/h4-7,14H,8-11H2,1-3H3/t14-/m0/s1. The molecule has 3 rings (SSSR count). The van der Waals surface area contributed by atoms with Crippen LogP contribution in [-0.4, -0.2) is 55.8 Å². The van der Waals surface area contributed by atoms with Crippen LogP contribution in [0.4, 0.5) is 13.2 Å². The van der Waals surface area contributed by atoms with Gasteiger partial charge in [-0.15, -0.1) is 13.2 Å². The fourth-order valence-electron chi connectivity index (χ4n) is 3.55. The normalized spacial score (nSPS) is 19.1. The molecule has 1 aromatic heterocycles. The molecule has 0 amide bonds. The highest BCUT2D eigenvalue weighted by molar-refractivity contribution is 7.91. The molecule has 0 aliphatic carbocycles. The first kappa shape index (κ1) is 23.5. The number of sulfonamides is 1. The molecule has 2 heterocycles. The third-order valence-electron chi connectivity index (χ3n) is 5.18. The number of hydrogen-bond acceptors (Lipinski definition) is 6. The first-order chi connectivity index (χ1) is 14.2. The van der Waals surface area contributed by atoms with E-state index in [2.05, 4.69) is 9.84 Å². The second-order valence-corrected chi connectivity index (χ2v) is 11.7. The van der Waals surface area contributed by atoms with Gasteiger partial charge in [-0.3, -0.25) is 4.68 Å². The van der Waals surface area contributed by atoms with Crippen LogP contribution < -0.4 is 4.74 Å². The maximum absolute atomic E-state index is 12.9. The molecule has 1 fully saturated rings. The molecule has 1 aliphatic rings. The SMILES string of the molecule is Cc1nn([C@H]2CCS(=O)(=O)C2)c(C)c1CN(C)S(=O)(=O)c1ccc(OC(F)(F)F)cc1. The summed E-state index contributed by atoms with van der Waals surface area (Å²) in [7, 11) is -5.75. The van der Waals surface area contributed by atoms with Gasteiger partial charge in [-0.05, 0) is 44.5 Å². The summed E-state index contributed by atoms with van der Waals surface area (Å²) in [5.41, 5.74) is 1.90. The number of halogens is 3. The summed E-state index contributed by atoms with van der Waals surface area (Å²) in [5.74, 6) is -0.434. The van der Waals surface area contributed by atoms with Crippen molar-refractivity contribution in [2.75, 3.05) is 18.6 Å². The van der Waals surface area contributed by atoms with Crippen molar-refractivity contribution in [1.82, 2.24) is 14.1 Å². The Hall–Kier alpha value is -2.12. The first-order valence-corrected chi connectivity index (χ1v) is 12.5. The average Bonchev–Trinajstić information content (AvgIpc) is 3.14. The largest absolute Gasteiger partial charge is 0.573 e. The minimum absolute atomic E-state index is 0.00508. The van der Waals surface area contributed by atoms with Gasteiger partial charge in [0.15, 0.2) is 9.84 Å². The summed E-state index contributed by atoms with van der Waals surface area (Å²) in [6.07, 6.45) is -4.42. The van der Waals surface area contributed by atoms with E-state index in [1.807, 2.05) is 0 Å². The summed E-state index contributed by atoms with van der Waals surface area (Å²) >= 11 is 0. The Balaban J connectivity index is 1.80. The lowest BCUT2D eigenvalue weighted by molar-refractivity contribution is -0.274. The molecule has 0 N–H and O–H groups in total. The minimum Gasteiger partial charge on any atom is -0.406 e. The maximum atomic E-state index is 12.9. The van der Waals surface area contributed by atoms with Gasteiger partial charge in [0, 0.05) is 24.8 Å². The predicted molar refractivity (Wildman–Crippen MR) is 106 cm³/mol. The van der Waals surface area contributed by atoms with Gasteiger partial charge >= 0.3 is 6.36 Å². The number of hydrogen-bond donors (Lipinski definition) is 0. The maximum Gasteiger partial charge on any atom is 0.573 e. The van der Waals surface area contributed by atoms with Crippen LogP contribution in [0, 0.1) is 13.8 Å². The summed E-state index contributed by atoms with van der Waals surface area (Å²) in [4.78, 5) is -0.186. The number of ether oxygens (including phenoxy) is 1. The fourth-order valence-corrected chi connectivity index (χ4v) is 6.38. The second-order valence-electron chi connectivity index (χ2n) is 7.43. The van der Waals surface area contributed by atoms with Crippen LogP contribution in [0.5, 0.6) is 5.75 Å². The number of alkyl halides is 3. The number of rotatable bonds is 6. The van der Waals surface area contributed by atoms with E-state index in [0.29, 0.717) is 23.4 Å². The first-order valence-electron chi connectivity index (χ1n) is 9.27. The van der Waals surface area contributed by atoms with E-state index in [9.17, 15) is 30.0 Å². The quantitative estimate of drug-likeness (QED) is 0.629. The molecular formula is C18H22F3N3O5S2. The van der Waals surface area contributed by atoms with Gasteiger partial charge < -0.3 is 4.74 Å². The van der Waals surface area contributed by atoms with Crippen LogP contribution in [0.25, 0.3) is 0 Å². The Morgan fingerprint density at radius 3 is 2.35 bits per heavy atom. The molecule has 1 atom stereocenters. The lowest BCUT2D eigenvalue weighted by Crippen LogP contribution is -2.27. The molecule has 1 aliphatic heterocycles. The van der Waals surface area contributed by atoms with Gasteiger partial charge in [0.2, 0.25) is 10.0 Å². The van der Waals surface area contributed by atoms with Crippen LogP contribution in [0.2, 0.25) is 0 Å². The Labute approximate surface area is 178 Å². The van der Waals surface area contributed by atoms with Gasteiger partial charge in [-0.1, -0.05) is 0 Å². The Morgan fingerprint density at radius 2 is 1.84 bits per heavy atom. The zero-order valence-corrected chi connectivity index (χ0v) is 18.7. The summed E-state index contributed by atoms with van der Waals surface area (Å²) < 4.78 is 92.6. The molecule has 31 heavy (non-hydrogen) atoms. The molecule has 0 saturated carbocycles. The van der Waals surface area contributed by atoms with Crippen LogP contribution in [0.1, 0.15) is 29.4 Å². The van der Waals surface area contributed by atoms with E-state index in [0.717, 1.165) is 28.6 Å². The van der Waals surface area contributed by atoms with Gasteiger partial charge in [-0.25, -0.2) is 16.8 Å². The van der Waals surface area contributed by atoms with E-state index in [1.165, 1.54) is 7.05 Å². The van der Waals surface area contributed by atoms with Crippen molar-refractivity contribution in [3.63, 3.8) is 0 Å². The molecule has 0 unspecified atom stereocenters. The predicted octanol–water partition coefficient (Wildman–Crippen LogP) is 2.58. The summed E-state index contributed by atoms with van der Waals surface area (Å²) in [5, 5.41) is 4.42. The number of sulfone groups is 1. The summed E-state index contributed by atoms with van der Waals surface area (Å²) in [6.45, 7) is 3.44. The van der Waals surface area contributed by atoms with Gasteiger partial charge in [0.1, 0.15) is 5.75 Å². The van der Waals surface area contributed by atoms with Gasteiger partial charge in [0.05, 0.1) is 28.1 Å². The monoisotopic (exact) mass is 481 g/mol. The number of aryl methyl sites for hydroxylation is 1. The van der Waals surface area contributed by atoms with Crippen LogP contribution in [0.3, 0.4) is 0 Å². The average molecular weight is 482 g/mol. The summed E-state index contributed by atoms with van der Waals surface area (Å²) in [6, 6.07) is 3.66. The van der Waals surface area contributed by atoms with E-state index < -0.39 is 32.0 Å². The van der Waals surface area contributed by atoms with Crippen LogP contribution >= 0.6 is 0 Å². The zero-order chi connectivity index (χ0) is 23.2. The fraction of sp³-hybridized carbons (Fsp3) is 0.500. The number of aromatic nitrogens is 2. The van der Waals surface area contributed by atoms with E-state index in [4.69, 9.17) is 0 Å².